The molecule has 3 aromatic carbocycles. The van der Waals surface area contributed by atoms with E-state index in [2.05, 4.69) is 58.7 Å². The normalized spacial score (nSPS) is 10.2. The molecule has 0 saturated carbocycles. The molecule has 4 nitrogen and oxygen atoms in total. The highest BCUT2D eigenvalue weighted by Crippen LogP contribution is 2.24. The zero-order chi connectivity index (χ0) is 15.4. The lowest BCUT2D eigenvalue weighted by Gasteiger charge is -1.87. The fourth-order valence-corrected chi connectivity index (χ4v) is 2.31. The van der Waals surface area contributed by atoms with Gasteiger partial charge in [0.1, 0.15) is 11.4 Å². The molecule has 0 unspecified atom stereocenters. The summed E-state index contributed by atoms with van der Waals surface area (Å²) >= 11 is 0. The van der Waals surface area contributed by atoms with Crippen molar-refractivity contribution in [3.8, 4) is 5.75 Å². The van der Waals surface area contributed by atoms with Crippen molar-refractivity contribution in [2.45, 2.75) is 0 Å². The van der Waals surface area contributed by atoms with Crippen LogP contribution in [0.5, 0.6) is 5.75 Å². The van der Waals surface area contributed by atoms with Crippen molar-refractivity contribution in [1.82, 2.24) is 4.98 Å². The van der Waals surface area contributed by atoms with Gasteiger partial charge in [-0.05, 0) is 41.6 Å². The molecule has 0 aliphatic rings. The average Bonchev–Trinajstić information content (AvgIpc) is 2.95. The topological polar surface area (TPSA) is 65.4 Å². The van der Waals surface area contributed by atoms with E-state index in [9.17, 15) is 4.91 Å². The average molecular weight is 290 g/mol. The van der Waals surface area contributed by atoms with Gasteiger partial charge in [-0.3, -0.25) is 0 Å². The summed E-state index contributed by atoms with van der Waals surface area (Å²) in [6.07, 6.45) is 0. The lowest BCUT2D eigenvalue weighted by atomic mass is 10.2. The van der Waals surface area contributed by atoms with Crippen molar-refractivity contribution >= 4 is 27.5 Å². The summed E-state index contributed by atoms with van der Waals surface area (Å²) in [6, 6.07) is 22.5. The number of nitrogens with zero attached hydrogens (tertiary/aromatic N) is 1. The molecule has 0 saturated heterocycles. The first kappa shape index (κ1) is 13.8. The van der Waals surface area contributed by atoms with Crippen molar-refractivity contribution in [1.29, 1.82) is 0 Å². The largest absolute Gasteiger partial charge is 0.508 e. The van der Waals surface area contributed by atoms with Gasteiger partial charge in [-0.15, -0.1) is 4.91 Å². The molecule has 1 aromatic heterocycles. The van der Waals surface area contributed by atoms with Crippen molar-refractivity contribution in [3.63, 3.8) is 0 Å². The Hall–Kier alpha value is -3.14. The Kier molecular flexibility index (Phi) is 3.83. The van der Waals surface area contributed by atoms with Crippen LogP contribution in [0.15, 0.2) is 78.0 Å². The van der Waals surface area contributed by atoms with Gasteiger partial charge in [0.2, 0.25) is 0 Å². The highest BCUT2D eigenvalue weighted by molar-refractivity contribution is 6.06. The Morgan fingerprint density at radius 2 is 1.23 bits per heavy atom. The smallest absolute Gasteiger partial charge is 0.115 e. The fourth-order valence-electron chi connectivity index (χ4n) is 2.31. The van der Waals surface area contributed by atoms with Crippen molar-refractivity contribution in [2.75, 3.05) is 0 Å². The Morgan fingerprint density at radius 1 is 0.727 bits per heavy atom. The summed E-state index contributed by atoms with van der Waals surface area (Å²) in [5, 5.41) is 14.0. The Bertz CT molecular complexity index is 861. The molecule has 0 fully saturated rings. The molecule has 4 heteroatoms. The lowest BCUT2D eigenvalue weighted by molar-refractivity contribution is 0.475. The van der Waals surface area contributed by atoms with E-state index >= 15 is 0 Å². The number of aromatic amines is 1. The predicted molar refractivity (Wildman–Crippen MR) is 89.4 cm³/mol. The Balaban J connectivity index is 0.000000142. The highest BCUT2D eigenvalue weighted by atomic mass is 16.3. The fraction of sp³-hybridized carbons (Fsp3) is 0. The third kappa shape index (κ3) is 2.81. The van der Waals surface area contributed by atoms with Crippen LogP contribution in [-0.4, -0.2) is 10.1 Å². The molecule has 108 valence electrons. The van der Waals surface area contributed by atoms with Crippen LogP contribution in [0.2, 0.25) is 0 Å². The summed E-state index contributed by atoms with van der Waals surface area (Å²) < 4.78 is 0. The van der Waals surface area contributed by atoms with E-state index in [4.69, 9.17) is 5.11 Å². The zero-order valence-corrected chi connectivity index (χ0v) is 11.7. The zero-order valence-electron chi connectivity index (χ0n) is 11.7. The number of phenols is 1. The molecule has 0 spiro atoms. The van der Waals surface area contributed by atoms with Crippen LogP contribution in [0.3, 0.4) is 0 Å². The van der Waals surface area contributed by atoms with Crippen LogP contribution < -0.4 is 0 Å². The molecule has 0 atom stereocenters. The van der Waals surface area contributed by atoms with Gasteiger partial charge in [-0.25, -0.2) is 0 Å². The number of aromatic hydroxyl groups is 1. The molecular weight excluding hydrogens is 276 g/mol. The van der Waals surface area contributed by atoms with Crippen molar-refractivity contribution in [3.05, 3.63) is 77.7 Å². The number of nitrogens with one attached hydrogen (secondary N) is 1. The number of rotatable bonds is 1. The number of aromatic nitrogens is 1. The van der Waals surface area contributed by atoms with E-state index in [-0.39, 0.29) is 5.75 Å². The summed E-state index contributed by atoms with van der Waals surface area (Å²) in [5.41, 5.74) is 2.75. The van der Waals surface area contributed by atoms with E-state index in [1.54, 1.807) is 0 Å². The molecule has 22 heavy (non-hydrogen) atoms. The molecule has 0 aliphatic heterocycles. The van der Waals surface area contributed by atoms with Gasteiger partial charge >= 0.3 is 0 Å². The van der Waals surface area contributed by atoms with E-state index in [1.807, 2.05) is 0 Å². The lowest BCUT2D eigenvalue weighted by Crippen LogP contribution is -1.62. The van der Waals surface area contributed by atoms with E-state index < -0.39 is 0 Å². The standard InChI is InChI=1S/C12H9N.C6H5NO2/c1-3-7-11-9(5-1)10-6-2-4-8-12(10)13-11;8-6-3-1-5(7-9)2-4-6/h1-8,13H;1-4,8H. The molecule has 0 amide bonds. The first-order valence-electron chi connectivity index (χ1n) is 6.86. The van der Waals surface area contributed by atoms with E-state index in [0.717, 1.165) is 0 Å². The maximum atomic E-state index is 9.79. The molecule has 1 heterocycles. The third-order valence-corrected chi connectivity index (χ3v) is 3.37. The van der Waals surface area contributed by atoms with Gasteiger partial charge < -0.3 is 10.1 Å². The molecule has 0 bridgehead atoms. The van der Waals surface area contributed by atoms with Gasteiger partial charge in [0.25, 0.3) is 0 Å². The van der Waals surface area contributed by atoms with Crippen LogP contribution in [0.1, 0.15) is 0 Å². The minimum absolute atomic E-state index is 0.141. The SMILES string of the molecule is O=Nc1ccc(O)cc1.c1ccc2c(c1)[nH]c1ccccc12. The number of phenolic OH excluding ortho intramolecular Hbond substituents is 1. The van der Waals surface area contributed by atoms with Crippen LogP contribution in [0.25, 0.3) is 21.8 Å². The minimum Gasteiger partial charge on any atom is -0.508 e. The molecule has 4 aromatic rings. The highest BCUT2D eigenvalue weighted by Gasteiger charge is 2.00. The number of fused-ring (bicyclic) bond motifs is 3. The molecular formula is C18H14N2O2. The van der Waals surface area contributed by atoms with Crippen LogP contribution in [0.4, 0.5) is 5.69 Å². The van der Waals surface area contributed by atoms with Gasteiger partial charge in [0, 0.05) is 21.8 Å². The molecule has 2 N–H and O–H groups in total. The van der Waals surface area contributed by atoms with Crippen molar-refractivity contribution < 1.29 is 5.11 Å². The third-order valence-electron chi connectivity index (χ3n) is 3.37. The van der Waals surface area contributed by atoms with Crippen LogP contribution >= 0.6 is 0 Å². The number of nitroso groups, excluding NO2 is 1. The Morgan fingerprint density at radius 3 is 1.73 bits per heavy atom. The summed E-state index contributed by atoms with van der Waals surface area (Å²) in [5.74, 6) is 0.141. The second-order valence-corrected chi connectivity index (χ2v) is 4.82. The number of para-hydroxylation sites is 2. The summed E-state index contributed by atoms with van der Waals surface area (Å²) in [7, 11) is 0. The van der Waals surface area contributed by atoms with E-state index in [1.165, 1.54) is 46.1 Å². The van der Waals surface area contributed by atoms with Gasteiger partial charge in [-0.2, -0.15) is 0 Å². The molecule has 0 aliphatic carbocycles. The van der Waals surface area contributed by atoms with Gasteiger partial charge in [0.15, 0.2) is 0 Å². The summed E-state index contributed by atoms with van der Waals surface area (Å²) in [4.78, 5) is 13.2. The number of H-pyrrole nitrogens is 1. The van der Waals surface area contributed by atoms with Gasteiger partial charge in [-0.1, -0.05) is 36.4 Å². The number of hydrogen-bond acceptors (Lipinski definition) is 3. The monoisotopic (exact) mass is 290 g/mol. The first-order chi connectivity index (χ1) is 10.8. The van der Waals surface area contributed by atoms with Crippen LogP contribution in [-0.2, 0) is 0 Å². The van der Waals surface area contributed by atoms with Crippen LogP contribution in [0, 0.1) is 4.91 Å². The maximum absolute atomic E-state index is 9.79. The number of benzene rings is 3. The first-order valence-corrected chi connectivity index (χ1v) is 6.86. The van der Waals surface area contributed by atoms with Crippen molar-refractivity contribution in [2.24, 2.45) is 5.18 Å². The minimum atomic E-state index is 0.141. The molecule has 4 rings (SSSR count). The second kappa shape index (κ2) is 6.10. The Labute approximate surface area is 127 Å². The maximum Gasteiger partial charge on any atom is 0.115 e. The summed E-state index contributed by atoms with van der Waals surface area (Å²) in [6.45, 7) is 0. The van der Waals surface area contributed by atoms with E-state index in [0.29, 0.717) is 5.69 Å². The van der Waals surface area contributed by atoms with Gasteiger partial charge in [0.05, 0.1) is 0 Å². The number of hydrogen-bond donors (Lipinski definition) is 2. The quantitative estimate of drug-likeness (QED) is 0.478. The predicted octanol–water partition coefficient (Wildman–Crippen LogP) is 5.11. The second-order valence-electron chi connectivity index (χ2n) is 4.82. The molecule has 0 radical (unpaired) electrons.